The maximum atomic E-state index is 12.0. The standard InChI is InChI=1S/C17H28N2O2/c1-6-11-18-13(4)15-9-7-8-10-16(15)21-14(5)17(20)19-12(2)3/h7-10,12-14,18H,6,11H2,1-5H3,(H,19,20). The molecule has 1 rings (SSSR count). The molecule has 21 heavy (non-hydrogen) atoms. The first kappa shape index (κ1) is 17.5. The Morgan fingerprint density at radius 2 is 1.86 bits per heavy atom. The molecule has 2 unspecified atom stereocenters. The Morgan fingerprint density at radius 3 is 2.48 bits per heavy atom. The van der Waals surface area contributed by atoms with Crippen molar-refractivity contribution >= 4 is 5.91 Å². The summed E-state index contributed by atoms with van der Waals surface area (Å²) in [4.78, 5) is 12.0. The topological polar surface area (TPSA) is 50.4 Å². The van der Waals surface area contributed by atoms with E-state index in [1.54, 1.807) is 6.92 Å². The summed E-state index contributed by atoms with van der Waals surface area (Å²) >= 11 is 0. The monoisotopic (exact) mass is 292 g/mol. The highest BCUT2D eigenvalue weighted by Crippen LogP contribution is 2.25. The molecule has 0 aromatic heterocycles. The predicted octanol–water partition coefficient (Wildman–Crippen LogP) is 3.04. The van der Waals surface area contributed by atoms with Gasteiger partial charge in [-0.3, -0.25) is 4.79 Å². The lowest BCUT2D eigenvalue weighted by Crippen LogP contribution is -2.40. The SMILES string of the molecule is CCCNC(C)c1ccccc1OC(C)C(=O)NC(C)C. The van der Waals surface area contributed by atoms with Crippen molar-refractivity contribution in [3.8, 4) is 5.75 Å². The van der Waals surface area contributed by atoms with Gasteiger partial charge in [0.2, 0.25) is 0 Å². The Labute approximate surface area is 128 Å². The van der Waals surface area contributed by atoms with Gasteiger partial charge in [-0.05, 0) is 46.7 Å². The summed E-state index contributed by atoms with van der Waals surface area (Å²) in [5, 5.41) is 6.31. The summed E-state index contributed by atoms with van der Waals surface area (Å²) in [6.07, 6.45) is 0.576. The summed E-state index contributed by atoms with van der Waals surface area (Å²) in [7, 11) is 0. The number of para-hydroxylation sites is 1. The number of rotatable bonds is 8. The fourth-order valence-electron chi connectivity index (χ4n) is 2.06. The number of benzene rings is 1. The van der Waals surface area contributed by atoms with Gasteiger partial charge in [0.05, 0.1) is 0 Å². The number of hydrogen-bond acceptors (Lipinski definition) is 3. The second-order valence-electron chi connectivity index (χ2n) is 5.64. The van der Waals surface area contributed by atoms with E-state index in [9.17, 15) is 4.79 Å². The summed E-state index contributed by atoms with van der Waals surface area (Å²) < 4.78 is 5.86. The van der Waals surface area contributed by atoms with E-state index < -0.39 is 6.10 Å². The lowest BCUT2D eigenvalue weighted by molar-refractivity contribution is -0.127. The zero-order valence-corrected chi connectivity index (χ0v) is 13.8. The van der Waals surface area contributed by atoms with Crippen molar-refractivity contribution in [1.29, 1.82) is 0 Å². The Morgan fingerprint density at radius 1 is 1.19 bits per heavy atom. The number of ether oxygens (including phenoxy) is 1. The first-order valence-electron chi connectivity index (χ1n) is 7.75. The number of carbonyl (C=O) groups is 1. The summed E-state index contributed by atoms with van der Waals surface area (Å²) in [6.45, 7) is 10.9. The van der Waals surface area contributed by atoms with E-state index >= 15 is 0 Å². The van der Waals surface area contributed by atoms with Gasteiger partial charge in [-0.25, -0.2) is 0 Å². The normalized spacial score (nSPS) is 13.8. The van der Waals surface area contributed by atoms with E-state index in [0.29, 0.717) is 0 Å². The Balaban J connectivity index is 2.76. The van der Waals surface area contributed by atoms with Crippen LogP contribution in [0.25, 0.3) is 0 Å². The van der Waals surface area contributed by atoms with Crippen LogP contribution in [0.3, 0.4) is 0 Å². The molecule has 0 saturated heterocycles. The van der Waals surface area contributed by atoms with Gasteiger partial charge >= 0.3 is 0 Å². The molecular formula is C17H28N2O2. The highest BCUT2D eigenvalue weighted by atomic mass is 16.5. The van der Waals surface area contributed by atoms with Gasteiger partial charge in [-0.1, -0.05) is 25.1 Å². The second kappa shape index (κ2) is 8.67. The van der Waals surface area contributed by atoms with Crippen LogP contribution < -0.4 is 15.4 Å². The van der Waals surface area contributed by atoms with E-state index in [1.807, 2.05) is 38.1 Å². The maximum Gasteiger partial charge on any atom is 0.260 e. The molecule has 2 atom stereocenters. The molecule has 1 aromatic carbocycles. The van der Waals surface area contributed by atoms with Gasteiger partial charge in [-0.15, -0.1) is 0 Å². The maximum absolute atomic E-state index is 12.0. The fraction of sp³-hybridized carbons (Fsp3) is 0.588. The largest absolute Gasteiger partial charge is 0.481 e. The van der Waals surface area contributed by atoms with E-state index in [4.69, 9.17) is 4.74 Å². The molecule has 0 radical (unpaired) electrons. The zero-order valence-electron chi connectivity index (χ0n) is 13.8. The Hall–Kier alpha value is -1.55. The number of carbonyl (C=O) groups excluding carboxylic acids is 1. The van der Waals surface area contributed by atoms with Crippen LogP contribution in [0.2, 0.25) is 0 Å². The minimum atomic E-state index is -0.507. The van der Waals surface area contributed by atoms with Crippen LogP contribution in [0.15, 0.2) is 24.3 Å². The van der Waals surface area contributed by atoms with E-state index in [-0.39, 0.29) is 18.0 Å². The lowest BCUT2D eigenvalue weighted by atomic mass is 10.1. The van der Waals surface area contributed by atoms with Crippen LogP contribution in [-0.2, 0) is 4.79 Å². The van der Waals surface area contributed by atoms with Crippen LogP contribution in [0.5, 0.6) is 5.75 Å². The summed E-state index contributed by atoms with van der Waals surface area (Å²) in [6, 6.07) is 8.18. The number of nitrogens with one attached hydrogen (secondary N) is 2. The third kappa shape index (κ3) is 5.76. The van der Waals surface area contributed by atoms with Crippen molar-refractivity contribution in [2.24, 2.45) is 0 Å². The third-order valence-electron chi connectivity index (χ3n) is 3.19. The minimum absolute atomic E-state index is 0.0889. The van der Waals surface area contributed by atoms with Crippen molar-refractivity contribution in [3.05, 3.63) is 29.8 Å². The van der Waals surface area contributed by atoms with Crippen LogP contribution in [-0.4, -0.2) is 24.6 Å². The van der Waals surface area contributed by atoms with Gasteiger partial charge in [-0.2, -0.15) is 0 Å². The van der Waals surface area contributed by atoms with Gasteiger partial charge in [0.15, 0.2) is 6.10 Å². The van der Waals surface area contributed by atoms with Crippen molar-refractivity contribution in [3.63, 3.8) is 0 Å². The second-order valence-corrected chi connectivity index (χ2v) is 5.64. The molecule has 1 aromatic rings. The Bertz CT molecular complexity index is 446. The van der Waals surface area contributed by atoms with Crippen LogP contribution in [0.1, 0.15) is 52.6 Å². The quantitative estimate of drug-likeness (QED) is 0.774. The van der Waals surface area contributed by atoms with Crippen LogP contribution >= 0.6 is 0 Å². The smallest absolute Gasteiger partial charge is 0.260 e. The van der Waals surface area contributed by atoms with Gasteiger partial charge in [0.1, 0.15) is 5.75 Å². The lowest BCUT2D eigenvalue weighted by Gasteiger charge is -2.21. The van der Waals surface area contributed by atoms with Crippen LogP contribution in [0, 0.1) is 0 Å². The van der Waals surface area contributed by atoms with Crippen molar-refractivity contribution in [1.82, 2.24) is 10.6 Å². The molecular weight excluding hydrogens is 264 g/mol. The first-order valence-corrected chi connectivity index (χ1v) is 7.75. The average Bonchev–Trinajstić information content (AvgIpc) is 2.44. The molecule has 1 amide bonds. The van der Waals surface area contributed by atoms with Crippen molar-refractivity contribution < 1.29 is 9.53 Å². The molecule has 4 nitrogen and oxygen atoms in total. The molecule has 118 valence electrons. The van der Waals surface area contributed by atoms with E-state index in [0.717, 1.165) is 24.3 Å². The summed E-state index contributed by atoms with van der Waals surface area (Å²) in [5.41, 5.74) is 1.08. The molecule has 0 aliphatic carbocycles. The molecule has 4 heteroatoms. The fourth-order valence-corrected chi connectivity index (χ4v) is 2.06. The predicted molar refractivity (Wildman–Crippen MR) is 86.5 cm³/mol. The molecule has 2 N–H and O–H groups in total. The molecule has 0 fully saturated rings. The minimum Gasteiger partial charge on any atom is -0.481 e. The highest BCUT2D eigenvalue weighted by Gasteiger charge is 2.18. The molecule has 0 saturated carbocycles. The molecule has 0 bridgehead atoms. The summed E-state index contributed by atoms with van der Waals surface area (Å²) in [5.74, 6) is 0.675. The van der Waals surface area contributed by atoms with Gasteiger partial charge in [0.25, 0.3) is 5.91 Å². The average molecular weight is 292 g/mol. The van der Waals surface area contributed by atoms with Crippen LogP contribution in [0.4, 0.5) is 0 Å². The number of amides is 1. The zero-order chi connectivity index (χ0) is 15.8. The molecule has 0 spiro atoms. The van der Waals surface area contributed by atoms with Gasteiger partial charge in [0, 0.05) is 17.6 Å². The van der Waals surface area contributed by atoms with Crippen molar-refractivity contribution in [2.75, 3.05) is 6.54 Å². The Kier molecular flexibility index (Phi) is 7.23. The van der Waals surface area contributed by atoms with Gasteiger partial charge < -0.3 is 15.4 Å². The van der Waals surface area contributed by atoms with E-state index in [2.05, 4.69) is 24.5 Å². The first-order chi connectivity index (χ1) is 9.95. The molecule has 0 heterocycles. The number of hydrogen-bond donors (Lipinski definition) is 2. The molecule has 0 aliphatic heterocycles. The molecule has 0 aliphatic rings. The van der Waals surface area contributed by atoms with E-state index in [1.165, 1.54) is 0 Å². The highest BCUT2D eigenvalue weighted by molar-refractivity contribution is 5.80. The third-order valence-corrected chi connectivity index (χ3v) is 3.19. The van der Waals surface area contributed by atoms with Crippen molar-refractivity contribution in [2.45, 2.75) is 59.2 Å².